The molecular formula is C37H52N2O4. The molecule has 0 bridgehead atoms. The molecule has 5 aliphatic carbocycles. The van der Waals surface area contributed by atoms with Gasteiger partial charge in [-0.1, -0.05) is 101 Å². The topological polar surface area (TPSA) is 91.5 Å². The molecule has 6 rings (SSSR count). The minimum absolute atomic E-state index is 0.00333. The fourth-order valence-corrected chi connectivity index (χ4v) is 11.5. The molecule has 0 saturated heterocycles. The number of ether oxygens (including phenoxy) is 1. The van der Waals surface area contributed by atoms with Crippen LogP contribution in [0.5, 0.6) is 0 Å². The van der Waals surface area contributed by atoms with Crippen LogP contribution in [-0.4, -0.2) is 27.8 Å². The molecule has 7 atom stereocenters. The summed E-state index contributed by atoms with van der Waals surface area (Å²) in [6, 6.07) is 10.0. The number of esters is 1. The van der Waals surface area contributed by atoms with Gasteiger partial charge in [-0.2, -0.15) is 0 Å². The van der Waals surface area contributed by atoms with E-state index in [1.165, 1.54) is 5.57 Å². The summed E-state index contributed by atoms with van der Waals surface area (Å²) < 4.78 is 6.16. The standard InChI is InChI=1S/C37H52N2O4/c1-32(2)17-19-37(31(40)43-23-24-11-9-8-10-12-24)20-18-35(6)25(26(37)21-32)13-14-29-34(5)22-27(38-41)30(39-42)33(3,4)28(34)15-16-36(29,35)7/h8-13,26,28-29,41-42H,14-23H2,1-7H3/b38-27-,39-30+/t26-,28-,29+,34-,35+,36+,37-/m0/s1. The van der Waals surface area contributed by atoms with Gasteiger partial charge < -0.3 is 15.2 Å². The smallest absolute Gasteiger partial charge is 0.313 e. The van der Waals surface area contributed by atoms with Crippen molar-refractivity contribution in [2.75, 3.05) is 0 Å². The lowest BCUT2D eigenvalue weighted by Crippen LogP contribution is -2.66. The van der Waals surface area contributed by atoms with Crippen LogP contribution < -0.4 is 0 Å². The number of carbonyl (C=O) groups is 1. The van der Waals surface area contributed by atoms with E-state index >= 15 is 0 Å². The molecule has 0 aromatic heterocycles. The van der Waals surface area contributed by atoms with E-state index in [0.29, 0.717) is 36.3 Å². The highest BCUT2D eigenvalue weighted by molar-refractivity contribution is 6.44. The first-order valence-electron chi connectivity index (χ1n) is 16.5. The number of nitrogens with zero attached hydrogens (tertiary/aromatic N) is 2. The molecule has 2 N–H and O–H groups in total. The zero-order chi connectivity index (χ0) is 31.1. The zero-order valence-corrected chi connectivity index (χ0v) is 27.4. The Balaban J connectivity index is 1.39. The van der Waals surface area contributed by atoms with Crippen molar-refractivity contribution < 1.29 is 19.9 Å². The molecule has 0 heterocycles. The summed E-state index contributed by atoms with van der Waals surface area (Å²) in [7, 11) is 0. The van der Waals surface area contributed by atoms with Gasteiger partial charge >= 0.3 is 5.97 Å². The summed E-state index contributed by atoms with van der Waals surface area (Å²) >= 11 is 0. The number of hydrogen-bond acceptors (Lipinski definition) is 6. The molecule has 1 aromatic rings. The third-order valence-corrected chi connectivity index (χ3v) is 14.0. The maximum atomic E-state index is 14.2. The van der Waals surface area contributed by atoms with Crippen molar-refractivity contribution in [3.63, 3.8) is 0 Å². The van der Waals surface area contributed by atoms with E-state index in [0.717, 1.165) is 56.9 Å². The normalized spacial score (nSPS) is 43.0. The molecular weight excluding hydrogens is 536 g/mol. The van der Waals surface area contributed by atoms with Gasteiger partial charge in [0.05, 0.1) is 5.41 Å². The maximum Gasteiger partial charge on any atom is 0.313 e. The molecule has 5 aliphatic rings. The Labute approximate surface area is 258 Å². The number of oxime groups is 2. The Bertz CT molecular complexity index is 1380. The molecule has 0 radical (unpaired) electrons. The van der Waals surface area contributed by atoms with Crippen LogP contribution in [0.15, 0.2) is 52.3 Å². The number of fused-ring (bicyclic) bond motifs is 7. The second-order valence-corrected chi connectivity index (χ2v) is 16.8. The molecule has 43 heavy (non-hydrogen) atoms. The van der Waals surface area contributed by atoms with Gasteiger partial charge in [-0.15, -0.1) is 0 Å². The molecule has 1 aromatic carbocycles. The molecule has 4 saturated carbocycles. The fraction of sp³-hybridized carbons (Fsp3) is 0.703. The van der Waals surface area contributed by atoms with Gasteiger partial charge in [-0.3, -0.25) is 4.79 Å². The van der Waals surface area contributed by atoms with Crippen LogP contribution in [0, 0.1) is 50.2 Å². The Morgan fingerprint density at radius 2 is 1.60 bits per heavy atom. The highest BCUT2D eigenvalue weighted by atomic mass is 16.5. The number of rotatable bonds is 3. The van der Waals surface area contributed by atoms with Gasteiger partial charge in [0.1, 0.15) is 18.0 Å². The van der Waals surface area contributed by atoms with E-state index in [1.54, 1.807) is 0 Å². The van der Waals surface area contributed by atoms with Crippen molar-refractivity contribution in [2.45, 2.75) is 113 Å². The Kier molecular flexibility index (Phi) is 7.03. The van der Waals surface area contributed by atoms with Gasteiger partial charge in [-0.05, 0) is 96.3 Å². The Morgan fingerprint density at radius 1 is 0.907 bits per heavy atom. The molecule has 6 heteroatoms. The van der Waals surface area contributed by atoms with E-state index in [-0.39, 0.29) is 33.5 Å². The first kappa shape index (κ1) is 30.4. The van der Waals surface area contributed by atoms with Crippen LogP contribution in [0.2, 0.25) is 0 Å². The van der Waals surface area contributed by atoms with Gasteiger partial charge in [-0.25, -0.2) is 0 Å². The second kappa shape index (κ2) is 9.94. The van der Waals surface area contributed by atoms with Gasteiger partial charge in [0.2, 0.25) is 0 Å². The lowest BCUT2D eigenvalue weighted by molar-refractivity contribution is -0.181. The second-order valence-electron chi connectivity index (χ2n) is 16.8. The summed E-state index contributed by atoms with van der Waals surface area (Å²) in [6.07, 6.45) is 11.1. The third-order valence-electron chi connectivity index (χ3n) is 14.0. The summed E-state index contributed by atoms with van der Waals surface area (Å²) in [5.41, 5.74) is 2.81. The van der Waals surface area contributed by atoms with Crippen LogP contribution in [0.3, 0.4) is 0 Å². The summed E-state index contributed by atoms with van der Waals surface area (Å²) in [5, 5.41) is 27.3. The monoisotopic (exact) mass is 588 g/mol. The summed E-state index contributed by atoms with van der Waals surface area (Å²) in [6.45, 7) is 16.8. The lowest BCUT2D eigenvalue weighted by Gasteiger charge is -2.70. The largest absolute Gasteiger partial charge is 0.460 e. The van der Waals surface area contributed by atoms with E-state index < -0.39 is 10.8 Å². The van der Waals surface area contributed by atoms with Crippen LogP contribution in [0.1, 0.15) is 112 Å². The highest BCUT2D eigenvalue weighted by Crippen LogP contribution is 2.75. The summed E-state index contributed by atoms with van der Waals surface area (Å²) in [5.74, 6) is 0.888. The van der Waals surface area contributed by atoms with E-state index in [1.807, 2.05) is 30.3 Å². The molecule has 0 unspecified atom stereocenters. The predicted molar refractivity (Wildman–Crippen MR) is 169 cm³/mol. The van der Waals surface area contributed by atoms with Crippen LogP contribution in [-0.2, 0) is 16.1 Å². The molecule has 6 nitrogen and oxygen atoms in total. The van der Waals surface area contributed by atoms with E-state index in [9.17, 15) is 15.2 Å². The Morgan fingerprint density at radius 3 is 2.28 bits per heavy atom. The molecule has 4 fully saturated rings. The van der Waals surface area contributed by atoms with Crippen molar-refractivity contribution in [1.29, 1.82) is 0 Å². The van der Waals surface area contributed by atoms with E-state index in [2.05, 4.69) is 64.9 Å². The highest BCUT2D eigenvalue weighted by Gasteiger charge is 2.70. The van der Waals surface area contributed by atoms with Gasteiger partial charge in [0.15, 0.2) is 0 Å². The Hall–Kier alpha value is -2.63. The maximum absolute atomic E-state index is 14.2. The minimum Gasteiger partial charge on any atom is -0.460 e. The third kappa shape index (κ3) is 4.20. The number of hydrogen-bond donors (Lipinski definition) is 2. The van der Waals surface area contributed by atoms with Crippen molar-refractivity contribution in [1.82, 2.24) is 0 Å². The van der Waals surface area contributed by atoms with Crippen molar-refractivity contribution in [3.8, 4) is 0 Å². The minimum atomic E-state index is -0.462. The summed E-state index contributed by atoms with van der Waals surface area (Å²) in [4.78, 5) is 14.2. The van der Waals surface area contributed by atoms with Crippen LogP contribution in [0.4, 0.5) is 0 Å². The van der Waals surface area contributed by atoms with Crippen LogP contribution in [0.25, 0.3) is 0 Å². The number of carbonyl (C=O) groups excluding carboxylic acids is 1. The molecule has 0 aliphatic heterocycles. The molecule has 0 spiro atoms. The molecule has 234 valence electrons. The van der Waals surface area contributed by atoms with Crippen molar-refractivity contribution >= 4 is 17.4 Å². The van der Waals surface area contributed by atoms with Crippen molar-refractivity contribution in [2.24, 2.45) is 60.6 Å². The molecule has 0 amide bonds. The van der Waals surface area contributed by atoms with E-state index in [4.69, 9.17) is 4.74 Å². The predicted octanol–water partition coefficient (Wildman–Crippen LogP) is 8.80. The first-order chi connectivity index (χ1) is 20.2. The van der Waals surface area contributed by atoms with Crippen LogP contribution >= 0.6 is 0 Å². The SMILES string of the molecule is CC1(C)CC[C@]2(C(=O)OCc3ccccc3)CC[C@]3(C)C(=CC[C@@H]4[C@@]5(C)CC(=N/O)/C(=N\O)C(C)(C)[C@@H]5CC[C@]43C)[C@@H]2C1. The van der Waals surface area contributed by atoms with Gasteiger partial charge in [0, 0.05) is 11.8 Å². The number of benzene rings is 1. The average Bonchev–Trinajstić information content (AvgIpc) is 2.96. The zero-order valence-electron chi connectivity index (χ0n) is 27.4. The lowest BCUT2D eigenvalue weighted by atomic mass is 9.33. The first-order valence-corrected chi connectivity index (χ1v) is 16.5. The van der Waals surface area contributed by atoms with Crippen molar-refractivity contribution in [3.05, 3.63) is 47.5 Å². The fourth-order valence-electron chi connectivity index (χ4n) is 11.5. The number of allylic oxidation sites excluding steroid dienone is 2. The quantitative estimate of drug-likeness (QED) is 0.160. The average molecular weight is 589 g/mol. The van der Waals surface area contributed by atoms with Gasteiger partial charge in [0.25, 0.3) is 0 Å².